The zero-order valence-corrected chi connectivity index (χ0v) is 14.6. The van der Waals surface area contributed by atoms with Crippen LogP contribution in [0.5, 0.6) is 0 Å². The highest BCUT2D eigenvalue weighted by Crippen LogP contribution is 2.36. The molecular weight excluding hydrogens is 327 g/mol. The number of nitrogens with zero attached hydrogens (tertiary/aromatic N) is 3. The van der Waals surface area contributed by atoms with Crippen molar-refractivity contribution in [3.63, 3.8) is 0 Å². The van der Waals surface area contributed by atoms with E-state index in [1.807, 2.05) is 23.0 Å². The molecular formula is C18H24ClFN4. The van der Waals surface area contributed by atoms with Gasteiger partial charge in [0.25, 0.3) is 0 Å². The molecule has 1 N–H and O–H groups in total. The lowest BCUT2D eigenvalue weighted by atomic mass is 9.87. The third kappa shape index (κ3) is 3.79. The standard InChI is InChI=1S/C18H23FN4.ClH/c19-17-3-1-15(2-4-17)11-23-12-16(9-21-23)10-22-8-6-18(14-22)5-7-20-13-18;/h1-4,9,12,20H,5-8,10-11,13-14H2;1H. The molecule has 130 valence electrons. The van der Waals surface area contributed by atoms with E-state index in [-0.39, 0.29) is 18.2 Å². The molecule has 2 aliphatic rings. The highest BCUT2D eigenvalue weighted by atomic mass is 35.5. The molecule has 0 aliphatic carbocycles. The van der Waals surface area contributed by atoms with E-state index in [9.17, 15) is 4.39 Å². The summed E-state index contributed by atoms with van der Waals surface area (Å²) in [5.41, 5.74) is 2.85. The van der Waals surface area contributed by atoms with Gasteiger partial charge in [-0.2, -0.15) is 5.10 Å². The van der Waals surface area contributed by atoms with Crippen molar-refractivity contribution in [1.82, 2.24) is 20.0 Å². The van der Waals surface area contributed by atoms with Crippen molar-refractivity contribution < 1.29 is 4.39 Å². The van der Waals surface area contributed by atoms with Gasteiger partial charge in [-0.15, -0.1) is 12.4 Å². The summed E-state index contributed by atoms with van der Waals surface area (Å²) in [6.07, 6.45) is 6.69. The Bertz CT molecular complexity index is 664. The molecule has 2 saturated heterocycles. The molecule has 0 bridgehead atoms. The first-order valence-electron chi connectivity index (χ1n) is 8.40. The molecule has 1 unspecified atom stereocenters. The fourth-order valence-electron chi connectivity index (χ4n) is 3.92. The minimum atomic E-state index is -0.195. The molecule has 0 radical (unpaired) electrons. The summed E-state index contributed by atoms with van der Waals surface area (Å²) < 4.78 is 14.9. The maximum atomic E-state index is 13.0. The maximum absolute atomic E-state index is 13.0. The molecule has 0 amide bonds. The largest absolute Gasteiger partial charge is 0.316 e. The van der Waals surface area contributed by atoms with E-state index in [0.29, 0.717) is 12.0 Å². The molecule has 1 spiro atoms. The van der Waals surface area contributed by atoms with Gasteiger partial charge in [-0.25, -0.2) is 4.39 Å². The van der Waals surface area contributed by atoms with Crippen LogP contribution in [0.1, 0.15) is 24.0 Å². The summed E-state index contributed by atoms with van der Waals surface area (Å²) >= 11 is 0. The Labute approximate surface area is 148 Å². The summed E-state index contributed by atoms with van der Waals surface area (Å²) in [7, 11) is 0. The minimum absolute atomic E-state index is 0. The molecule has 1 aromatic heterocycles. The van der Waals surface area contributed by atoms with E-state index in [4.69, 9.17) is 0 Å². The van der Waals surface area contributed by atoms with Crippen molar-refractivity contribution in [3.8, 4) is 0 Å². The van der Waals surface area contributed by atoms with Crippen molar-refractivity contribution in [2.24, 2.45) is 5.41 Å². The van der Waals surface area contributed by atoms with Crippen LogP contribution in [0.15, 0.2) is 36.7 Å². The van der Waals surface area contributed by atoms with Gasteiger partial charge in [0, 0.05) is 31.4 Å². The average molecular weight is 351 g/mol. The van der Waals surface area contributed by atoms with Crippen LogP contribution in [0, 0.1) is 11.2 Å². The first-order chi connectivity index (χ1) is 11.2. The molecule has 2 aromatic rings. The number of nitrogens with one attached hydrogen (secondary N) is 1. The highest BCUT2D eigenvalue weighted by Gasteiger charge is 2.40. The number of benzene rings is 1. The number of halogens is 2. The van der Waals surface area contributed by atoms with Gasteiger partial charge < -0.3 is 5.32 Å². The van der Waals surface area contributed by atoms with Gasteiger partial charge in [0.15, 0.2) is 0 Å². The predicted molar refractivity (Wildman–Crippen MR) is 94.8 cm³/mol. The Kier molecular flexibility index (Phi) is 5.23. The second kappa shape index (κ2) is 7.21. The van der Waals surface area contributed by atoms with Gasteiger partial charge >= 0.3 is 0 Å². The molecule has 6 heteroatoms. The van der Waals surface area contributed by atoms with Crippen LogP contribution in [-0.4, -0.2) is 40.9 Å². The van der Waals surface area contributed by atoms with Gasteiger partial charge in [0.2, 0.25) is 0 Å². The summed E-state index contributed by atoms with van der Waals surface area (Å²) in [5, 5.41) is 7.95. The fourth-order valence-corrected chi connectivity index (χ4v) is 3.92. The molecule has 3 heterocycles. The first-order valence-corrected chi connectivity index (χ1v) is 8.40. The lowest BCUT2D eigenvalue weighted by molar-refractivity contribution is 0.268. The SMILES string of the molecule is Cl.Fc1ccc(Cn2cc(CN3CCC4(CCNC4)C3)cn2)cc1. The van der Waals surface area contributed by atoms with Gasteiger partial charge in [-0.1, -0.05) is 12.1 Å². The second-order valence-corrected chi connectivity index (χ2v) is 7.06. The van der Waals surface area contributed by atoms with Crippen LogP contribution in [0.25, 0.3) is 0 Å². The second-order valence-electron chi connectivity index (χ2n) is 7.06. The lowest BCUT2D eigenvalue weighted by Crippen LogP contribution is -2.28. The van der Waals surface area contributed by atoms with Gasteiger partial charge in [0.05, 0.1) is 12.7 Å². The van der Waals surface area contributed by atoms with Crippen molar-refractivity contribution in [3.05, 3.63) is 53.6 Å². The monoisotopic (exact) mass is 350 g/mol. The number of likely N-dealkylation sites (tertiary alicyclic amines) is 1. The van der Waals surface area contributed by atoms with Gasteiger partial charge in [0.1, 0.15) is 5.82 Å². The van der Waals surface area contributed by atoms with Crippen molar-refractivity contribution in [1.29, 1.82) is 0 Å². The quantitative estimate of drug-likeness (QED) is 0.920. The number of aromatic nitrogens is 2. The Morgan fingerprint density at radius 2 is 1.96 bits per heavy atom. The van der Waals surface area contributed by atoms with E-state index in [1.165, 1.54) is 56.7 Å². The summed E-state index contributed by atoms with van der Waals surface area (Å²) in [6, 6.07) is 6.63. The van der Waals surface area contributed by atoms with E-state index >= 15 is 0 Å². The van der Waals surface area contributed by atoms with Crippen LogP contribution in [0.3, 0.4) is 0 Å². The summed E-state index contributed by atoms with van der Waals surface area (Å²) in [4.78, 5) is 2.55. The Balaban J connectivity index is 0.00000169. The zero-order valence-electron chi connectivity index (χ0n) is 13.7. The van der Waals surface area contributed by atoms with E-state index < -0.39 is 0 Å². The normalized spacial score (nSPS) is 23.7. The van der Waals surface area contributed by atoms with Crippen molar-refractivity contribution in [2.45, 2.75) is 25.9 Å². The highest BCUT2D eigenvalue weighted by molar-refractivity contribution is 5.85. The third-order valence-electron chi connectivity index (χ3n) is 5.20. The molecule has 2 aliphatic heterocycles. The topological polar surface area (TPSA) is 33.1 Å². The van der Waals surface area contributed by atoms with E-state index in [1.54, 1.807) is 0 Å². The molecule has 1 atom stereocenters. The molecule has 4 nitrogen and oxygen atoms in total. The zero-order chi connectivity index (χ0) is 15.7. The number of hydrogen-bond donors (Lipinski definition) is 1. The van der Waals surface area contributed by atoms with E-state index in [2.05, 4.69) is 21.5 Å². The fraction of sp³-hybridized carbons (Fsp3) is 0.500. The Morgan fingerprint density at radius 1 is 1.12 bits per heavy atom. The first kappa shape index (κ1) is 17.4. The summed E-state index contributed by atoms with van der Waals surface area (Å²) in [5.74, 6) is -0.195. The predicted octanol–water partition coefficient (Wildman–Crippen LogP) is 2.68. The molecule has 24 heavy (non-hydrogen) atoms. The van der Waals surface area contributed by atoms with Crippen molar-refractivity contribution >= 4 is 12.4 Å². The summed E-state index contributed by atoms with van der Waals surface area (Å²) in [6.45, 7) is 6.39. The minimum Gasteiger partial charge on any atom is -0.316 e. The molecule has 4 rings (SSSR count). The van der Waals surface area contributed by atoms with Crippen LogP contribution < -0.4 is 5.32 Å². The number of rotatable bonds is 4. The average Bonchev–Trinajstić information content (AvgIpc) is 3.27. The molecule has 1 aromatic carbocycles. The van der Waals surface area contributed by atoms with Crippen molar-refractivity contribution in [2.75, 3.05) is 26.2 Å². The Morgan fingerprint density at radius 3 is 2.71 bits per heavy atom. The molecule has 2 fully saturated rings. The van der Waals surface area contributed by atoms with Crippen LogP contribution in [-0.2, 0) is 13.1 Å². The maximum Gasteiger partial charge on any atom is 0.123 e. The number of hydrogen-bond acceptors (Lipinski definition) is 3. The molecule has 0 saturated carbocycles. The van der Waals surface area contributed by atoms with Crippen LogP contribution in [0.2, 0.25) is 0 Å². The van der Waals surface area contributed by atoms with Crippen LogP contribution >= 0.6 is 12.4 Å². The third-order valence-corrected chi connectivity index (χ3v) is 5.20. The van der Waals surface area contributed by atoms with Crippen LogP contribution in [0.4, 0.5) is 4.39 Å². The van der Waals surface area contributed by atoms with Gasteiger partial charge in [-0.3, -0.25) is 9.58 Å². The van der Waals surface area contributed by atoms with E-state index in [0.717, 1.165) is 12.1 Å². The smallest absolute Gasteiger partial charge is 0.123 e. The lowest BCUT2D eigenvalue weighted by Gasteiger charge is -2.22. The van der Waals surface area contributed by atoms with Gasteiger partial charge in [-0.05, 0) is 49.0 Å². The Hall–Kier alpha value is -1.43.